The van der Waals surface area contributed by atoms with Gasteiger partial charge in [0.15, 0.2) is 5.78 Å². The number of rotatable bonds is 27. The summed E-state index contributed by atoms with van der Waals surface area (Å²) in [4.78, 5) is 68.8. The van der Waals surface area contributed by atoms with Crippen molar-refractivity contribution in [1.29, 1.82) is 4.35 Å². The number of ketones is 2. The van der Waals surface area contributed by atoms with Crippen molar-refractivity contribution in [1.82, 2.24) is 10.6 Å². The van der Waals surface area contributed by atoms with Gasteiger partial charge in [-0.2, -0.15) is 0 Å². The number of nitrogens with one attached hydrogen (secondary N) is 3. The number of methoxy groups -OCH3 is 2. The molecule has 4 radical (unpaired) electrons. The fraction of sp³-hybridized carbons (Fsp3) is 0.700. The summed E-state index contributed by atoms with van der Waals surface area (Å²) in [6.07, 6.45) is 9.72. The molecule has 0 aliphatic heterocycles. The molecule has 59 heavy (non-hydrogen) atoms. The number of Topliss-reactive ketones (excluding diaryl/α,β-unsaturated/α-hetero) is 1. The minimum absolute atomic E-state index is 0. The number of carbonyl (C=O) groups excluding carboxylic acids is 6. The van der Waals surface area contributed by atoms with Crippen LogP contribution in [0.5, 0.6) is 0 Å². The molecular formula is C40H71AlBN3O12P2. The van der Waals surface area contributed by atoms with E-state index in [9.17, 15) is 28.8 Å². The number of esters is 2. The van der Waals surface area contributed by atoms with Gasteiger partial charge in [0, 0.05) is 67.6 Å². The SMILES string of the molecule is C=CC(=O)NC1CCC1.C=CC(=O)OCCOCCOC.[3H]C(P)C(=O)C(CC)CC(CC(C)C(=O)NC1CCC1)C(=O)OCCOCCOC.[3H]C(P)C(=O)C=C.[B].[NH]=[Al]. The predicted molar refractivity (Wildman–Crippen MR) is 239 cm³/mol. The van der Waals surface area contributed by atoms with Crippen LogP contribution in [0.4, 0.5) is 0 Å². The summed E-state index contributed by atoms with van der Waals surface area (Å²) in [7, 11) is 7.44. The zero-order chi connectivity index (χ0) is 46.3. The number of hydrogen-bond acceptors (Lipinski definition) is 13. The Kier molecular flexibility index (Phi) is 44.8. The van der Waals surface area contributed by atoms with Crippen molar-refractivity contribution in [2.75, 3.05) is 79.4 Å². The monoisotopic (exact) mass is 889 g/mol. The molecule has 2 amide bonds. The molecule has 2 saturated carbocycles. The molecule has 2 fully saturated rings. The Hall–Kier alpha value is -2.46. The van der Waals surface area contributed by atoms with Crippen LogP contribution in [-0.2, 0) is 57.2 Å². The molecule has 2 aliphatic carbocycles. The molecule has 7 atom stereocenters. The molecule has 19 heteroatoms. The molecule has 7 unspecified atom stereocenters. The number of amides is 2. The first-order valence-electron chi connectivity index (χ1n) is 20.4. The summed E-state index contributed by atoms with van der Waals surface area (Å²) in [6.45, 7) is 16.5. The Morgan fingerprint density at radius 1 is 0.746 bits per heavy atom. The maximum atomic E-state index is 12.7. The second-order valence-corrected chi connectivity index (χ2v) is 13.4. The van der Waals surface area contributed by atoms with E-state index in [0.717, 1.165) is 44.3 Å². The number of carbonyl (C=O) groups is 6. The number of ether oxygens (including phenoxy) is 6. The summed E-state index contributed by atoms with van der Waals surface area (Å²) in [5.41, 5.74) is 0. The summed E-state index contributed by atoms with van der Waals surface area (Å²) in [5, 5.41) is 5.83. The fourth-order valence-electron chi connectivity index (χ4n) is 4.63. The standard InChI is InChI=1S/C21H38NO6P.C8H14O4.C7H11NO.C4H7OP.Al.B.HN/c1-4-16(19(23)14-29)13-17(21(25)28-11-10-27-9-8-26-3)12-15(2)20(24)22-18-6-5-7-18;1-3-8(9)12-7-6-11-5-4-10-2;1-2-7(9)8-6-4-3-5-6;1-2-4(5)3-6;;;/h15-18H,4-14,29H2,1-3H3,(H,22,24);3H,1,4-7H2,2H3;2,6H,1,3-5H2,(H,8,9);2H,1,3,6H2;;;1H/i14T;;;3T;;;. The fourth-order valence-corrected chi connectivity index (χ4v) is 5.04. The van der Waals surface area contributed by atoms with Gasteiger partial charge in [0.05, 0.1) is 45.6 Å². The van der Waals surface area contributed by atoms with Gasteiger partial charge in [0.2, 0.25) is 11.8 Å². The molecular weight excluding hydrogens is 814 g/mol. The van der Waals surface area contributed by atoms with E-state index in [2.05, 4.69) is 53.6 Å². The first-order chi connectivity index (χ1) is 28.6. The van der Waals surface area contributed by atoms with Gasteiger partial charge in [0.1, 0.15) is 19.0 Å². The topological polar surface area (TPSA) is 206 Å². The Bertz CT molecular complexity index is 1260. The van der Waals surface area contributed by atoms with Crippen LogP contribution in [0.25, 0.3) is 0 Å². The van der Waals surface area contributed by atoms with Gasteiger partial charge >= 0.3 is 32.4 Å². The summed E-state index contributed by atoms with van der Waals surface area (Å²) in [6, 6.07) is 0.677. The molecule has 0 aromatic heterocycles. The van der Waals surface area contributed by atoms with Gasteiger partial charge in [-0.15, -0.1) is 18.5 Å². The van der Waals surface area contributed by atoms with Crippen molar-refractivity contribution < 1.29 is 59.9 Å². The zero-order valence-electron chi connectivity index (χ0n) is 37.6. The van der Waals surface area contributed by atoms with Crippen molar-refractivity contribution in [3.05, 3.63) is 38.0 Å². The van der Waals surface area contributed by atoms with Crippen LogP contribution in [0.15, 0.2) is 38.0 Å². The second kappa shape index (κ2) is 45.1. The van der Waals surface area contributed by atoms with Crippen LogP contribution in [-0.4, -0.2) is 151 Å². The Balaban J connectivity index is -0.000000426. The van der Waals surface area contributed by atoms with E-state index in [4.69, 9.17) is 30.8 Å². The average Bonchev–Trinajstić information content (AvgIpc) is 3.21. The predicted octanol–water partition coefficient (Wildman–Crippen LogP) is 3.74. The quantitative estimate of drug-likeness (QED) is 0.0355. The van der Waals surface area contributed by atoms with Crippen molar-refractivity contribution in [3.8, 4) is 0 Å². The third kappa shape index (κ3) is 37.1. The molecule has 2 rings (SSSR count). The molecule has 15 nitrogen and oxygen atoms in total. The average molecular weight is 890 g/mol. The van der Waals surface area contributed by atoms with Crippen LogP contribution < -0.4 is 10.6 Å². The molecule has 0 spiro atoms. The van der Waals surface area contributed by atoms with Crippen molar-refractivity contribution in [2.45, 2.75) is 83.7 Å². The molecule has 0 saturated heterocycles. The van der Waals surface area contributed by atoms with Crippen LogP contribution in [0.2, 0.25) is 0 Å². The van der Waals surface area contributed by atoms with E-state index < -0.39 is 36.1 Å². The minimum atomic E-state index is -0.917. The van der Waals surface area contributed by atoms with E-state index in [1.807, 2.05) is 6.92 Å². The van der Waals surface area contributed by atoms with Crippen molar-refractivity contribution >= 4 is 78.3 Å². The first-order valence-corrected chi connectivity index (χ1v) is 21.2. The molecule has 0 aromatic rings. The van der Waals surface area contributed by atoms with Crippen LogP contribution >= 0.6 is 18.5 Å². The van der Waals surface area contributed by atoms with Gasteiger partial charge in [-0.05, 0) is 69.9 Å². The van der Waals surface area contributed by atoms with Gasteiger partial charge < -0.3 is 39.1 Å². The molecule has 334 valence electrons. The number of allylic oxidation sites excluding steroid dienone is 1. The van der Waals surface area contributed by atoms with Crippen LogP contribution in [0.1, 0.15) is 74.4 Å². The number of hydrogen-bond donors (Lipinski definition) is 3. The van der Waals surface area contributed by atoms with Crippen molar-refractivity contribution in [3.63, 3.8) is 0 Å². The normalized spacial score (nSPS) is 15.5. The van der Waals surface area contributed by atoms with Gasteiger partial charge in [-0.1, -0.05) is 33.6 Å². The van der Waals surface area contributed by atoms with Gasteiger partial charge in [-0.25, -0.2) is 4.79 Å². The molecule has 3 N–H and O–H groups in total. The molecule has 0 bridgehead atoms. The summed E-state index contributed by atoms with van der Waals surface area (Å²) < 4.78 is 50.1. The molecule has 0 heterocycles. The first kappa shape index (κ1) is 58.6. The summed E-state index contributed by atoms with van der Waals surface area (Å²) in [5.74, 6) is -2.79. The van der Waals surface area contributed by atoms with E-state index in [1.54, 1.807) is 37.2 Å². The van der Waals surface area contributed by atoms with Crippen molar-refractivity contribution in [2.24, 2.45) is 17.8 Å². The summed E-state index contributed by atoms with van der Waals surface area (Å²) >= 11 is 1.67. The third-order valence-electron chi connectivity index (χ3n) is 8.48. The third-order valence-corrected chi connectivity index (χ3v) is 9.13. The zero-order valence-corrected chi connectivity index (χ0v) is 39.1. The van der Waals surface area contributed by atoms with E-state index >= 15 is 0 Å². The van der Waals surface area contributed by atoms with Crippen LogP contribution in [0, 0.1) is 22.1 Å². The maximum absolute atomic E-state index is 12.7. The van der Waals surface area contributed by atoms with E-state index in [1.165, 1.54) is 12.5 Å². The van der Waals surface area contributed by atoms with E-state index in [0.29, 0.717) is 51.9 Å². The Labute approximate surface area is 370 Å². The van der Waals surface area contributed by atoms with Gasteiger partial charge in [-0.3, -0.25) is 24.0 Å². The van der Waals surface area contributed by atoms with Gasteiger partial charge in [0.25, 0.3) is 0 Å². The Morgan fingerprint density at radius 2 is 1.24 bits per heavy atom. The van der Waals surface area contributed by atoms with Crippen LogP contribution in [0.3, 0.4) is 0 Å². The molecule has 0 aromatic carbocycles. The molecule has 2 aliphatic rings. The Morgan fingerprint density at radius 3 is 1.61 bits per heavy atom. The van der Waals surface area contributed by atoms with E-state index in [-0.39, 0.29) is 70.0 Å². The second-order valence-electron chi connectivity index (χ2n) is 12.7.